The Hall–Kier alpha value is -3.90. The molecule has 2 heterocycles. The Morgan fingerprint density at radius 1 is 1.00 bits per heavy atom. The number of anilines is 1. The molecule has 0 unspecified atom stereocenters. The van der Waals surface area contributed by atoms with Crippen LogP contribution < -0.4 is 5.73 Å². The van der Waals surface area contributed by atoms with Gasteiger partial charge in [-0.25, -0.2) is 4.98 Å². The number of aryl methyl sites for hydroxylation is 2. The molecule has 3 N–H and O–H groups in total. The van der Waals surface area contributed by atoms with Gasteiger partial charge in [0.2, 0.25) is 0 Å². The second-order valence-electron chi connectivity index (χ2n) is 6.02. The summed E-state index contributed by atoms with van der Waals surface area (Å²) < 4.78 is 0. The van der Waals surface area contributed by atoms with Crippen molar-refractivity contribution in [2.24, 2.45) is 0 Å². The number of phenolic OH excluding ortho intramolecular Hbond substituents is 1. The highest BCUT2D eigenvalue weighted by Gasteiger charge is 2.20. The molecule has 2 aromatic heterocycles. The van der Waals surface area contributed by atoms with Crippen LogP contribution in [0.2, 0.25) is 0 Å². The van der Waals surface area contributed by atoms with E-state index in [-0.39, 0.29) is 17.1 Å². The van der Waals surface area contributed by atoms with Gasteiger partial charge in [0.25, 0.3) is 0 Å². The summed E-state index contributed by atoms with van der Waals surface area (Å²) in [4.78, 5) is 8.60. The molecule has 3 rings (SSSR count). The van der Waals surface area contributed by atoms with Crippen LogP contribution in [0.25, 0.3) is 11.1 Å². The fourth-order valence-corrected chi connectivity index (χ4v) is 3.00. The van der Waals surface area contributed by atoms with Crippen molar-refractivity contribution < 1.29 is 5.11 Å². The van der Waals surface area contributed by atoms with Crippen LogP contribution >= 0.6 is 0 Å². The normalized spacial score (nSPS) is 10.1. The molecule has 27 heavy (non-hydrogen) atoms. The molecule has 6 heteroatoms. The van der Waals surface area contributed by atoms with E-state index < -0.39 is 0 Å². The average Bonchev–Trinajstić information content (AvgIpc) is 2.68. The molecular weight excluding hydrogens is 338 g/mol. The van der Waals surface area contributed by atoms with E-state index in [1.54, 1.807) is 18.3 Å². The Morgan fingerprint density at radius 2 is 1.81 bits per heavy atom. The Labute approximate surface area is 157 Å². The first-order valence-electron chi connectivity index (χ1n) is 8.46. The van der Waals surface area contributed by atoms with Gasteiger partial charge < -0.3 is 10.8 Å². The van der Waals surface area contributed by atoms with E-state index in [9.17, 15) is 15.6 Å². The summed E-state index contributed by atoms with van der Waals surface area (Å²) in [6, 6.07) is 16.4. The van der Waals surface area contributed by atoms with Crippen molar-refractivity contribution in [1.29, 1.82) is 10.5 Å². The number of phenols is 1. The van der Waals surface area contributed by atoms with E-state index in [4.69, 9.17) is 5.73 Å². The van der Waals surface area contributed by atoms with Crippen LogP contribution in [0.4, 0.5) is 5.82 Å². The molecule has 0 radical (unpaired) electrons. The molecule has 0 saturated heterocycles. The zero-order valence-corrected chi connectivity index (χ0v) is 14.6. The first-order chi connectivity index (χ1) is 13.1. The fourth-order valence-electron chi connectivity index (χ4n) is 3.00. The molecule has 1 aromatic carbocycles. The van der Waals surface area contributed by atoms with Crippen molar-refractivity contribution in [3.8, 4) is 29.0 Å². The van der Waals surface area contributed by atoms with Gasteiger partial charge in [-0.2, -0.15) is 10.5 Å². The molecule has 0 aliphatic rings. The van der Waals surface area contributed by atoms with Gasteiger partial charge in [0.15, 0.2) is 0 Å². The van der Waals surface area contributed by atoms with Crippen LogP contribution in [0.15, 0.2) is 48.7 Å². The second-order valence-corrected chi connectivity index (χ2v) is 6.02. The predicted molar refractivity (Wildman–Crippen MR) is 101 cm³/mol. The number of pyridine rings is 2. The number of nitrogen functional groups attached to an aromatic ring is 1. The highest BCUT2D eigenvalue weighted by atomic mass is 16.3. The number of benzene rings is 1. The van der Waals surface area contributed by atoms with Crippen LogP contribution in [0.3, 0.4) is 0 Å². The van der Waals surface area contributed by atoms with Crippen molar-refractivity contribution in [3.63, 3.8) is 0 Å². The highest BCUT2D eigenvalue weighted by Crippen LogP contribution is 2.33. The van der Waals surface area contributed by atoms with Gasteiger partial charge in [-0.15, -0.1) is 0 Å². The topological polar surface area (TPSA) is 120 Å². The van der Waals surface area contributed by atoms with Crippen molar-refractivity contribution >= 4 is 5.82 Å². The second kappa shape index (κ2) is 7.99. The van der Waals surface area contributed by atoms with E-state index in [2.05, 4.69) is 16.0 Å². The van der Waals surface area contributed by atoms with E-state index in [0.29, 0.717) is 28.8 Å². The lowest BCUT2D eigenvalue weighted by Crippen LogP contribution is -2.07. The van der Waals surface area contributed by atoms with Crippen LogP contribution in [0.5, 0.6) is 5.75 Å². The maximum atomic E-state index is 9.79. The van der Waals surface area contributed by atoms with Gasteiger partial charge in [-0.3, -0.25) is 4.98 Å². The maximum Gasteiger partial charge on any atom is 0.142 e. The molecular formula is C21H17N5O. The summed E-state index contributed by atoms with van der Waals surface area (Å²) in [7, 11) is 0. The van der Waals surface area contributed by atoms with Gasteiger partial charge in [0.1, 0.15) is 29.3 Å². The van der Waals surface area contributed by atoms with Crippen molar-refractivity contribution in [3.05, 3.63) is 71.2 Å². The van der Waals surface area contributed by atoms with Gasteiger partial charge in [-0.05, 0) is 49.1 Å². The maximum absolute atomic E-state index is 9.79. The number of rotatable bonds is 5. The molecule has 0 saturated carbocycles. The summed E-state index contributed by atoms with van der Waals surface area (Å²) >= 11 is 0. The number of aromatic hydroxyl groups is 1. The Balaban J connectivity index is 2.00. The van der Waals surface area contributed by atoms with E-state index in [1.165, 1.54) is 12.1 Å². The van der Waals surface area contributed by atoms with E-state index in [1.807, 2.05) is 24.3 Å². The highest BCUT2D eigenvalue weighted by molar-refractivity contribution is 5.81. The minimum atomic E-state index is 0.0485. The SMILES string of the molecule is N#Cc1c(N)nc(CCCc2ccccn2)c(C#N)c1-c1cccc(O)c1. The number of aromatic nitrogens is 2. The predicted octanol–water partition coefficient (Wildman–Crippen LogP) is 3.35. The number of nitrogens with zero attached hydrogens (tertiary/aromatic N) is 4. The standard InChI is InChI=1S/C21H17N5O/c22-12-17-19(9-4-7-15-6-1-2-10-25-15)26-21(24)18(13-23)20(17)14-5-3-8-16(27)11-14/h1-3,5-6,8,10-11,27H,4,7,9H2,(H2,24,26). The summed E-state index contributed by atoms with van der Waals surface area (Å²) in [5.74, 6) is 0.134. The van der Waals surface area contributed by atoms with Crippen LogP contribution in [-0.2, 0) is 12.8 Å². The van der Waals surface area contributed by atoms with Crippen LogP contribution in [0.1, 0.15) is 28.9 Å². The fraction of sp³-hybridized carbons (Fsp3) is 0.143. The minimum Gasteiger partial charge on any atom is -0.508 e. The molecule has 132 valence electrons. The lowest BCUT2D eigenvalue weighted by molar-refractivity contribution is 0.475. The van der Waals surface area contributed by atoms with Gasteiger partial charge in [0.05, 0.1) is 11.3 Å². The zero-order chi connectivity index (χ0) is 19.2. The largest absolute Gasteiger partial charge is 0.508 e. The quantitative estimate of drug-likeness (QED) is 0.724. The number of hydrogen-bond donors (Lipinski definition) is 2. The summed E-state index contributed by atoms with van der Waals surface area (Å²) in [6.07, 6.45) is 3.76. The van der Waals surface area contributed by atoms with Crippen LogP contribution in [-0.4, -0.2) is 15.1 Å². The molecule has 0 spiro atoms. The van der Waals surface area contributed by atoms with E-state index >= 15 is 0 Å². The lowest BCUT2D eigenvalue weighted by atomic mass is 9.93. The molecule has 0 atom stereocenters. The number of nitriles is 2. The van der Waals surface area contributed by atoms with Crippen molar-refractivity contribution in [2.45, 2.75) is 19.3 Å². The Bertz CT molecular complexity index is 1050. The summed E-state index contributed by atoms with van der Waals surface area (Å²) in [5, 5.41) is 29.0. The summed E-state index contributed by atoms with van der Waals surface area (Å²) in [5.41, 5.74) is 8.93. The van der Waals surface area contributed by atoms with Crippen molar-refractivity contribution in [1.82, 2.24) is 9.97 Å². The first-order valence-corrected chi connectivity index (χ1v) is 8.46. The number of hydrogen-bond acceptors (Lipinski definition) is 6. The zero-order valence-electron chi connectivity index (χ0n) is 14.6. The van der Waals surface area contributed by atoms with Gasteiger partial charge in [-0.1, -0.05) is 18.2 Å². The van der Waals surface area contributed by atoms with E-state index in [0.717, 1.165) is 18.5 Å². The average molecular weight is 355 g/mol. The molecule has 6 nitrogen and oxygen atoms in total. The van der Waals surface area contributed by atoms with Gasteiger partial charge >= 0.3 is 0 Å². The summed E-state index contributed by atoms with van der Waals surface area (Å²) in [6.45, 7) is 0. The molecule has 0 bridgehead atoms. The van der Waals surface area contributed by atoms with Crippen LogP contribution in [0, 0.1) is 22.7 Å². The molecule has 0 aliphatic carbocycles. The first kappa shape index (κ1) is 17.9. The van der Waals surface area contributed by atoms with Gasteiger partial charge in [0, 0.05) is 17.5 Å². The monoisotopic (exact) mass is 355 g/mol. The molecule has 0 amide bonds. The molecule has 0 fully saturated rings. The lowest BCUT2D eigenvalue weighted by Gasteiger charge is -2.13. The van der Waals surface area contributed by atoms with Crippen molar-refractivity contribution in [2.75, 3.05) is 5.73 Å². The molecule has 3 aromatic rings. The minimum absolute atomic E-state index is 0.0485. The third-order valence-corrected chi connectivity index (χ3v) is 4.23. The smallest absolute Gasteiger partial charge is 0.142 e. The number of nitrogens with two attached hydrogens (primary N) is 1. The third-order valence-electron chi connectivity index (χ3n) is 4.23. The Morgan fingerprint density at radius 3 is 2.48 bits per heavy atom. The Kier molecular flexibility index (Phi) is 5.30. The molecule has 0 aliphatic heterocycles. The third kappa shape index (κ3) is 3.86.